The summed E-state index contributed by atoms with van der Waals surface area (Å²) >= 11 is 0. The second-order valence-corrected chi connectivity index (χ2v) is 5.81. The van der Waals surface area contributed by atoms with E-state index in [1.54, 1.807) is 13.8 Å². The molecule has 3 heterocycles. The largest absolute Gasteiger partial charge is 0.470 e. The number of nitrogens with one attached hydrogen (secondary N) is 1. The molecule has 3 rings (SSSR count). The number of piperidine rings is 1. The van der Waals surface area contributed by atoms with E-state index in [9.17, 15) is 13.2 Å². The van der Waals surface area contributed by atoms with Gasteiger partial charge in [-0.15, -0.1) is 0 Å². The highest BCUT2D eigenvalue weighted by atomic mass is 19.4. The molecule has 0 radical (unpaired) electrons. The lowest BCUT2D eigenvalue weighted by Crippen LogP contribution is -2.54. The zero-order valence-electron chi connectivity index (χ0n) is 12.2. The maximum Gasteiger partial charge on any atom is 0.433 e. The van der Waals surface area contributed by atoms with Crippen LogP contribution in [0.1, 0.15) is 19.5 Å². The van der Waals surface area contributed by atoms with Crippen LogP contribution in [-0.4, -0.2) is 42.2 Å². The number of hydrogen-bond donors (Lipinski definition) is 1. The summed E-state index contributed by atoms with van der Waals surface area (Å²) in [5.41, 5.74) is -0.978. The van der Waals surface area contributed by atoms with Gasteiger partial charge in [-0.25, -0.2) is 4.98 Å². The molecule has 8 heteroatoms. The lowest BCUT2D eigenvalue weighted by atomic mass is 10.0. The predicted molar refractivity (Wildman–Crippen MR) is 70.3 cm³/mol. The summed E-state index contributed by atoms with van der Waals surface area (Å²) in [5.74, 6) is -0.805. The van der Waals surface area contributed by atoms with Gasteiger partial charge in [-0.3, -0.25) is 0 Å². The van der Waals surface area contributed by atoms with E-state index in [-0.39, 0.29) is 18.1 Å². The number of rotatable bonds is 2. The van der Waals surface area contributed by atoms with Crippen LogP contribution in [0.2, 0.25) is 0 Å². The molecule has 2 aliphatic rings. The fourth-order valence-corrected chi connectivity index (χ4v) is 2.72. The third-order valence-electron chi connectivity index (χ3n) is 3.57. The first-order valence-electron chi connectivity index (χ1n) is 7.02. The van der Waals surface area contributed by atoms with Crippen molar-refractivity contribution in [3.05, 3.63) is 23.9 Å². The standard InChI is InChI=1S/C14H17F3N2O3/c1-13(2)21-9-7-18-6-8(12(9)22-13)20-11-5-3-4-10(19-11)14(15,16)17/h3-5,8-9,12,18H,6-7H2,1-2H3/t8-,9-,12+/m0/s1. The average Bonchev–Trinajstić information content (AvgIpc) is 2.73. The summed E-state index contributed by atoms with van der Waals surface area (Å²) in [5, 5.41) is 3.13. The van der Waals surface area contributed by atoms with Crippen LogP contribution in [-0.2, 0) is 15.7 Å². The maximum atomic E-state index is 12.7. The number of fused-ring (bicyclic) bond motifs is 1. The first-order chi connectivity index (χ1) is 10.2. The molecule has 22 heavy (non-hydrogen) atoms. The molecule has 1 N–H and O–H groups in total. The topological polar surface area (TPSA) is 52.6 Å². The van der Waals surface area contributed by atoms with Gasteiger partial charge >= 0.3 is 6.18 Å². The third kappa shape index (κ3) is 3.18. The zero-order valence-corrected chi connectivity index (χ0v) is 12.2. The van der Waals surface area contributed by atoms with Crippen molar-refractivity contribution in [1.29, 1.82) is 0 Å². The Balaban J connectivity index is 1.75. The van der Waals surface area contributed by atoms with Gasteiger partial charge in [0.25, 0.3) is 0 Å². The molecule has 122 valence electrons. The van der Waals surface area contributed by atoms with E-state index >= 15 is 0 Å². The lowest BCUT2D eigenvalue weighted by Gasteiger charge is -2.31. The van der Waals surface area contributed by atoms with E-state index in [4.69, 9.17) is 14.2 Å². The molecule has 0 amide bonds. The van der Waals surface area contributed by atoms with Gasteiger partial charge in [0.2, 0.25) is 5.88 Å². The lowest BCUT2D eigenvalue weighted by molar-refractivity contribution is -0.151. The van der Waals surface area contributed by atoms with Crippen molar-refractivity contribution in [2.24, 2.45) is 0 Å². The summed E-state index contributed by atoms with van der Waals surface area (Å²) in [7, 11) is 0. The average molecular weight is 318 g/mol. The Hall–Kier alpha value is -1.38. The van der Waals surface area contributed by atoms with Crippen molar-refractivity contribution in [3.8, 4) is 5.88 Å². The van der Waals surface area contributed by atoms with Gasteiger partial charge in [0.1, 0.15) is 24.0 Å². The SMILES string of the molecule is CC1(C)O[C@@H]2[C@@H](Oc3cccc(C(F)(F)F)n3)CNC[C@@H]2O1. The number of pyridine rings is 1. The summed E-state index contributed by atoms with van der Waals surface area (Å²) in [6.07, 6.45) is -5.49. The van der Waals surface area contributed by atoms with Crippen LogP contribution in [0.5, 0.6) is 5.88 Å². The maximum absolute atomic E-state index is 12.7. The Morgan fingerprint density at radius 1 is 1.27 bits per heavy atom. The second-order valence-electron chi connectivity index (χ2n) is 5.81. The van der Waals surface area contributed by atoms with Crippen molar-refractivity contribution in [2.75, 3.05) is 13.1 Å². The van der Waals surface area contributed by atoms with Crippen LogP contribution in [0.25, 0.3) is 0 Å². The summed E-state index contributed by atoms with van der Waals surface area (Å²) in [6.45, 7) is 4.66. The molecule has 5 nitrogen and oxygen atoms in total. The zero-order chi connectivity index (χ0) is 16.0. The van der Waals surface area contributed by atoms with Crippen LogP contribution in [0, 0.1) is 0 Å². The molecule has 1 aromatic heterocycles. The predicted octanol–water partition coefficient (Wildman–Crippen LogP) is 1.97. The van der Waals surface area contributed by atoms with Crippen LogP contribution in [0.4, 0.5) is 13.2 Å². The number of hydrogen-bond acceptors (Lipinski definition) is 5. The molecule has 0 aliphatic carbocycles. The van der Waals surface area contributed by atoms with Crippen LogP contribution < -0.4 is 10.1 Å². The van der Waals surface area contributed by atoms with Crippen LogP contribution in [0.15, 0.2) is 18.2 Å². The van der Waals surface area contributed by atoms with Crippen molar-refractivity contribution in [3.63, 3.8) is 0 Å². The molecule has 2 aliphatic heterocycles. The van der Waals surface area contributed by atoms with Crippen molar-refractivity contribution in [1.82, 2.24) is 10.3 Å². The first kappa shape index (κ1) is 15.5. The number of alkyl halides is 3. The van der Waals surface area contributed by atoms with E-state index in [0.29, 0.717) is 13.1 Å². The van der Waals surface area contributed by atoms with Crippen molar-refractivity contribution < 1.29 is 27.4 Å². The molecule has 3 atom stereocenters. The Morgan fingerprint density at radius 2 is 2.05 bits per heavy atom. The van der Waals surface area contributed by atoms with E-state index in [1.807, 2.05) is 0 Å². The molecule has 0 saturated carbocycles. The fourth-order valence-electron chi connectivity index (χ4n) is 2.72. The highest BCUT2D eigenvalue weighted by Crippen LogP contribution is 2.33. The van der Waals surface area contributed by atoms with Crippen LogP contribution in [0.3, 0.4) is 0 Å². The minimum atomic E-state index is -4.50. The molecule has 1 aromatic rings. The van der Waals surface area contributed by atoms with Crippen LogP contribution >= 0.6 is 0 Å². The Bertz CT molecular complexity index is 550. The van der Waals surface area contributed by atoms with E-state index in [0.717, 1.165) is 6.07 Å². The van der Waals surface area contributed by atoms with Gasteiger partial charge in [0.15, 0.2) is 5.79 Å². The number of nitrogens with zero attached hydrogens (tertiary/aromatic N) is 1. The molecule has 0 bridgehead atoms. The van der Waals surface area contributed by atoms with Gasteiger partial charge in [0.05, 0.1) is 0 Å². The van der Waals surface area contributed by atoms with Gasteiger partial charge in [-0.1, -0.05) is 6.07 Å². The molecule has 2 fully saturated rings. The fraction of sp³-hybridized carbons (Fsp3) is 0.643. The Morgan fingerprint density at radius 3 is 2.77 bits per heavy atom. The van der Waals surface area contributed by atoms with E-state index < -0.39 is 23.8 Å². The third-order valence-corrected chi connectivity index (χ3v) is 3.57. The number of halogens is 3. The quantitative estimate of drug-likeness (QED) is 0.903. The van der Waals surface area contributed by atoms with Gasteiger partial charge in [0, 0.05) is 19.2 Å². The molecule has 0 unspecified atom stereocenters. The summed E-state index contributed by atoms with van der Waals surface area (Å²) < 4.78 is 55.2. The second kappa shape index (κ2) is 5.36. The van der Waals surface area contributed by atoms with Crippen molar-refractivity contribution >= 4 is 0 Å². The summed E-state index contributed by atoms with van der Waals surface area (Å²) in [6, 6.07) is 3.59. The van der Waals surface area contributed by atoms with Gasteiger partial charge in [-0.05, 0) is 19.9 Å². The van der Waals surface area contributed by atoms with E-state index in [1.165, 1.54) is 12.1 Å². The van der Waals surface area contributed by atoms with E-state index in [2.05, 4.69) is 10.3 Å². The minimum Gasteiger partial charge on any atom is -0.470 e. The Kier molecular flexibility index (Phi) is 3.78. The van der Waals surface area contributed by atoms with Gasteiger partial charge in [-0.2, -0.15) is 13.2 Å². The molecule has 0 aromatic carbocycles. The number of ether oxygens (including phenoxy) is 3. The molecule has 0 spiro atoms. The minimum absolute atomic E-state index is 0.0735. The molecular weight excluding hydrogens is 301 g/mol. The normalized spacial score (nSPS) is 30.9. The smallest absolute Gasteiger partial charge is 0.433 e. The van der Waals surface area contributed by atoms with Crippen molar-refractivity contribution in [2.45, 2.75) is 44.1 Å². The molecular formula is C14H17F3N2O3. The molecule has 2 saturated heterocycles. The van der Waals surface area contributed by atoms with Gasteiger partial charge < -0.3 is 19.5 Å². The number of aromatic nitrogens is 1. The summed E-state index contributed by atoms with van der Waals surface area (Å²) in [4.78, 5) is 3.52. The highest BCUT2D eigenvalue weighted by molar-refractivity contribution is 5.18. The monoisotopic (exact) mass is 318 g/mol. The Labute approximate surface area is 125 Å². The first-order valence-corrected chi connectivity index (χ1v) is 7.02. The highest BCUT2D eigenvalue weighted by Gasteiger charge is 2.48.